The molecule has 2 aromatic carbocycles. The highest BCUT2D eigenvalue weighted by atomic mass is 35.5. The summed E-state index contributed by atoms with van der Waals surface area (Å²) in [5.41, 5.74) is 0.455. The number of carbonyl (C=O) groups excluding carboxylic acids is 3. The number of amides is 3. The van der Waals surface area contributed by atoms with E-state index in [1.165, 1.54) is 11.0 Å². The zero-order chi connectivity index (χ0) is 27.7. The van der Waals surface area contributed by atoms with Crippen molar-refractivity contribution in [2.75, 3.05) is 19.6 Å². The summed E-state index contributed by atoms with van der Waals surface area (Å²) in [5.74, 6) is -0.883. The van der Waals surface area contributed by atoms with Gasteiger partial charge in [-0.1, -0.05) is 23.7 Å². The van der Waals surface area contributed by atoms with Crippen molar-refractivity contribution in [2.24, 2.45) is 0 Å². The molecular formula is C27H30ClN5O5S. The lowest BCUT2D eigenvalue weighted by molar-refractivity contribution is -0.144. The van der Waals surface area contributed by atoms with Crippen molar-refractivity contribution in [1.29, 1.82) is 0 Å². The number of nitrogens with zero attached hydrogens (tertiary/aromatic N) is 2. The van der Waals surface area contributed by atoms with Crippen LogP contribution >= 0.6 is 11.6 Å². The number of piperidine rings is 1. The lowest BCUT2D eigenvalue weighted by atomic mass is 10.0. The number of H-pyrrole nitrogens is 1. The van der Waals surface area contributed by atoms with Gasteiger partial charge in [0.05, 0.1) is 4.90 Å². The average molecular weight is 572 g/mol. The molecule has 1 aromatic heterocycles. The number of rotatable bonds is 7. The Morgan fingerprint density at radius 2 is 1.85 bits per heavy atom. The molecule has 3 amide bonds. The molecule has 10 nitrogen and oxygen atoms in total. The van der Waals surface area contributed by atoms with Crippen LogP contribution in [0.1, 0.15) is 36.7 Å². The molecule has 3 aromatic rings. The van der Waals surface area contributed by atoms with E-state index in [4.69, 9.17) is 11.6 Å². The maximum atomic E-state index is 13.3. The van der Waals surface area contributed by atoms with Gasteiger partial charge in [0.2, 0.25) is 21.8 Å². The van der Waals surface area contributed by atoms with Crippen molar-refractivity contribution >= 4 is 50.1 Å². The smallest absolute Gasteiger partial charge is 0.267 e. The van der Waals surface area contributed by atoms with Gasteiger partial charge in [0, 0.05) is 36.9 Å². The Bertz CT molecular complexity index is 1510. The van der Waals surface area contributed by atoms with Crippen molar-refractivity contribution in [2.45, 2.75) is 49.2 Å². The lowest BCUT2D eigenvalue weighted by Crippen LogP contribution is -2.55. The molecule has 39 heavy (non-hydrogen) atoms. The highest BCUT2D eigenvalue weighted by Gasteiger charge is 2.40. The first-order valence-corrected chi connectivity index (χ1v) is 14.7. The highest BCUT2D eigenvalue weighted by molar-refractivity contribution is 7.89. The summed E-state index contributed by atoms with van der Waals surface area (Å²) in [6.07, 6.45) is 3.40. The molecule has 2 saturated heterocycles. The first kappa shape index (κ1) is 27.2. The molecule has 0 saturated carbocycles. The van der Waals surface area contributed by atoms with Gasteiger partial charge in [0.1, 0.15) is 17.8 Å². The second kappa shape index (κ2) is 11.0. The van der Waals surface area contributed by atoms with E-state index >= 15 is 0 Å². The predicted octanol–water partition coefficient (Wildman–Crippen LogP) is 2.51. The number of hydrogen-bond acceptors (Lipinski definition) is 5. The number of likely N-dealkylation sites (tertiary alicyclic amines) is 2. The summed E-state index contributed by atoms with van der Waals surface area (Å²) in [4.78, 5) is 44.9. The van der Waals surface area contributed by atoms with E-state index in [2.05, 4.69) is 15.0 Å². The van der Waals surface area contributed by atoms with E-state index in [0.717, 1.165) is 18.2 Å². The maximum absolute atomic E-state index is 13.3. The third-order valence-corrected chi connectivity index (χ3v) is 9.06. The standard InChI is InChI=1S/C27H30ClN5O5S/c1-17(26(35)32-12-3-4-21(16-32)30-25(34)23-5-2-11-29-23)33-13-10-24(27(33)36)31-39(37,38)22-9-7-18-14-20(28)8-6-19(18)15-22/h2,5-9,11,14-15,17,21,24,29,31H,3-4,10,12-13,16H2,1H3,(H,30,34). The Hall–Kier alpha value is -3.41. The van der Waals surface area contributed by atoms with Crippen LogP contribution in [0, 0.1) is 0 Å². The Labute approximate surface area is 231 Å². The lowest BCUT2D eigenvalue weighted by Gasteiger charge is -2.36. The van der Waals surface area contributed by atoms with Gasteiger partial charge in [0.15, 0.2) is 0 Å². The van der Waals surface area contributed by atoms with Crippen molar-refractivity contribution in [3.8, 4) is 0 Å². The Balaban J connectivity index is 1.20. The monoisotopic (exact) mass is 571 g/mol. The SMILES string of the molecule is CC(C(=O)N1CCCC(NC(=O)c2ccc[nH]2)C1)N1CCC(NS(=O)(=O)c2ccc3cc(Cl)ccc3c2)C1=O. The zero-order valence-electron chi connectivity index (χ0n) is 21.4. The molecule has 2 fully saturated rings. The van der Waals surface area contributed by atoms with Crippen LogP contribution in [0.15, 0.2) is 59.6 Å². The van der Waals surface area contributed by atoms with Gasteiger partial charge in [-0.05, 0) is 73.4 Å². The van der Waals surface area contributed by atoms with Gasteiger partial charge in [0.25, 0.3) is 5.91 Å². The van der Waals surface area contributed by atoms with E-state index in [1.54, 1.807) is 60.5 Å². The summed E-state index contributed by atoms with van der Waals surface area (Å²) >= 11 is 6.02. The Morgan fingerprint density at radius 1 is 1.08 bits per heavy atom. The average Bonchev–Trinajstić information content (AvgIpc) is 3.58. The van der Waals surface area contributed by atoms with Crippen LogP contribution in [0.5, 0.6) is 0 Å². The molecule has 0 bridgehead atoms. The number of aromatic nitrogens is 1. The molecule has 0 spiro atoms. The fraction of sp³-hybridized carbons (Fsp3) is 0.370. The van der Waals surface area contributed by atoms with E-state index in [1.807, 2.05) is 0 Å². The number of nitrogens with one attached hydrogen (secondary N) is 3. The molecule has 5 rings (SSSR count). The fourth-order valence-electron chi connectivity index (χ4n) is 5.24. The highest BCUT2D eigenvalue weighted by Crippen LogP contribution is 2.24. The molecule has 3 N–H and O–H groups in total. The van der Waals surface area contributed by atoms with Crippen LogP contribution in [0.25, 0.3) is 10.8 Å². The van der Waals surface area contributed by atoms with E-state index in [0.29, 0.717) is 29.2 Å². The van der Waals surface area contributed by atoms with Crippen molar-refractivity contribution in [3.05, 3.63) is 65.4 Å². The largest absolute Gasteiger partial charge is 0.357 e. The summed E-state index contributed by atoms with van der Waals surface area (Å²) in [5, 5.41) is 5.03. The van der Waals surface area contributed by atoms with Gasteiger partial charge >= 0.3 is 0 Å². The summed E-state index contributed by atoms with van der Waals surface area (Å²) < 4.78 is 28.7. The number of benzene rings is 2. The van der Waals surface area contributed by atoms with Crippen molar-refractivity contribution in [1.82, 2.24) is 24.8 Å². The van der Waals surface area contributed by atoms with E-state index in [9.17, 15) is 22.8 Å². The number of halogens is 1. The summed E-state index contributed by atoms with van der Waals surface area (Å²) in [6, 6.07) is 11.4. The minimum atomic E-state index is -3.97. The summed E-state index contributed by atoms with van der Waals surface area (Å²) in [6.45, 7) is 2.80. The molecule has 3 atom stereocenters. The van der Waals surface area contributed by atoms with Crippen LogP contribution in [0.4, 0.5) is 0 Å². The molecule has 12 heteroatoms. The molecule has 206 valence electrons. The predicted molar refractivity (Wildman–Crippen MR) is 147 cm³/mol. The molecular weight excluding hydrogens is 542 g/mol. The third-order valence-electron chi connectivity index (χ3n) is 7.36. The topological polar surface area (TPSA) is 132 Å². The van der Waals surface area contributed by atoms with Crippen LogP contribution in [0.3, 0.4) is 0 Å². The van der Waals surface area contributed by atoms with Gasteiger partial charge in [-0.25, -0.2) is 8.42 Å². The van der Waals surface area contributed by atoms with Crippen molar-refractivity contribution in [3.63, 3.8) is 0 Å². The Morgan fingerprint density at radius 3 is 2.62 bits per heavy atom. The van der Waals surface area contributed by atoms with Gasteiger partial charge in [-0.15, -0.1) is 0 Å². The maximum Gasteiger partial charge on any atom is 0.267 e. The Kier molecular flexibility index (Phi) is 7.66. The number of carbonyl (C=O) groups is 3. The van der Waals surface area contributed by atoms with Gasteiger partial charge < -0.3 is 20.1 Å². The molecule has 2 aliphatic rings. The number of hydrogen-bond donors (Lipinski definition) is 3. The molecule has 3 unspecified atom stereocenters. The van der Waals surface area contributed by atoms with Gasteiger partial charge in [-0.3, -0.25) is 14.4 Å². The second-order valence-electron chi connectivity index (χ2n) is 10.0. The van der Waals surface area contributed by atoms with Crippen LogP contribution in [-0.4, -0.2) is 78.7 Å². The van der Waals surface area contributed by atoms with Crippen LogP contribution < -0.4 is 10.0 Å². The minimum Gasteiger partial charge on any atom is -0.357 e. The zero-order valence-corrected chi connectivity index (χ0v) is 23.0. The number of fused-ring (bicyclic) bond motifs is 1. The van der Waals surface area contributed by atoms with E-state index < -0.39 is 28.0 Å². The van der Waals surface area contributed by atoms with Gasteiger partial charge in [-0.2, -0.15) is 4.72 Å². The van der Waals surface area contributed by atoms with E-state index in [-0.39, 0.29) is 35.7 Å². The third kappa shape index (κ3) is 5.80. The minimum absolute atomic E-state index is 0.0495. The fourth-order valence-corrected chi connectivity index (χ4v) is 6.68. The summed E-state index contributed by atoms with van der Waals surface area (Å²) in [7, 11) is -3.97. The molecule has 0 radical (unpaired) electrons. The van der Waals surface area contributed by atoms with Crippen LogP contribution in [0.2, 0.25) is 5.02 Å². The second-order valence-corrected chi connectivity index (χ2v) is 12.2. The normalized spacial score (nSPS) is 20.8. The first-order valence-electron chi connectivity index (χ1n) is 12.9. The quantitative estimate of drug-likeness (QED) is 0.401. The first-order chi connectivity index (χ1) is 18.6. The molecule has 3 heterocycles. The number of sulfonamides is 1. The van der Waals surface area contributed by atoms with Crippen LogP contribution in [-0.2, 0) is 19.6 Å². The van der Waals surface area contributed by atoms with Crippen molar-refractivity contribution < 1.29 is 22.8 Å². The number of aromatic amines is 1. The molecule has 0 aliphatic carbocycles. The molecule has 2 aliphatic heterocycles.